The Labute approximate surface area is 574 Å². The Morgan fingerprint density at radius 2 is 1.19 bits per heavy atom. The molecule has 3 fully saturated rings. The van der Waals surface area contributed by atoms with Crippen LogP contribution < -0.4 is 37.3 Å². The van der Waals surface area contributed by atoms with Crippen molar-refractivity contribution in [3.63, 3.8) is 0 Å². The Morgan fingerprint density at radius 3 is 1.78 bits per heavy atom. The average molecular weight is 1510 g/mol. The van der Waals surface area contributed by atoms with Gasteiger partial charge < -0.3 is 89.4 Å². The first-order chi connectivity index (χ1) is 48.2. The third-order valence-corrected chi connectivity index (χ3v) is 21.3. The number of carbonyl (C=O) groups excluding carboxylic acids is 4. The monoisotopic (exact) mass is 1510 g/mol. The van der Waals surface area contributed by atoms with Crippen LogP contribution >= 0.6 is 31.3 Å². The van der Waals surface area contributed by atoms with Crippen molar-refractivity contribution >= 4 is 106 Å². The van der Waals surface area contributed by atoms with E-state index in [1.54, 1.807) is 43.3 Å². The Morgan fingerprint density at radius 1 is 0.647 bits per heavy atom. The van der Waals surface area contributed by atoms with E-state index in [1.165, 1.54) is 72.4 Å². The highest BCUT2D eigenvalue weighted by molar-refractivity contribution is 7.66. The van der Waals surface area contributed by atoms with Crippen molar-refractivity contribution < 1.29 is 122 Å². The number of pyridine rings is 1. The standard InChI is InChI=1S/C56H68N14O28P4/c1-7-67-25-70(46-37(67)50(76)66-56(57)65-46)51-39(72)38(71)31(91-51)19-89-100(81,82)97-102(85,86)98-101(83,84)90-21-33-41(42(87-6)52(93-33)69-24-61-36-44(58-22-59-45(36)69)64-48(74)29-16-12-9-13-17-29)96-99(79,80)88-20-32-40(94-54(77)26(2)3)43(95-55(78)27(4)5)53(92-32)68-23-60-35-30(68)18-34(63-49(35)75)62-47(73)28-14-10-8-11-15-28/h8-18,22-24,26-27,31-33,38-43,51-53,71-72H,7,19-21,25H2,1-6H3,(H,79,80)(H,81,82)(H,83,84)(H,85,86)(H3,57,65,66,76)(H,58,59,64,74)(H2,62,63,73,75)/t31-,32-,33-,38-,39-,40-,41-,42-,43-,51-,52-,53-/m1/s1. The number of nitrogens with one attached hydrogen (secondary N) is 4. The van der Waals surface area contributed by atoms with Crippen molar-refractivity contribution in [3.05, 3.63) is 118 Å². The number of imidazole rings is 2. The molecule has 550 valence electrons. The number of esters is 2. The van der Waals surface area contributed by atoms with Crippen molar-refractivity contribution in [3.8, 4) is 0 Å². The predicted molar refractivity (Wildman–Crippen MR) is 347 cm³/mol. The number of aliphatic hydroxyl groups is 2. The number of ether oxygens (including phenoxy) is 6. The molecule has 0 spiro atoms. The zero-order chi connectivity index (χ0) is 73.5. The fourth-order valence-electron chi connectivity index (χ4n) is 11.2. The first kappa shape index (κ1) is 75.0. The molecule has 4 unspecified atom stereocenters. The molecule has 4 aliphatic heterocycles. The van der Waals surface area contributed by atoms with Gasteiger partial charge in [0.2, 0.25) is 5.95 Å². The molecule has 102 heavy (non-hydrogen) atoms. The highest BCUT2D eigenvalue weighted by Crippen LogP contribution is 2.68. The van der Waals surface area contributed by atoms with E-state index in [4.69, 9.17) is 52.2 Å². The van der Waals surface area contributed by atoms with Gasteiger partial charge in [-0.3, -0.25) is 61.0 Å². The van der Waals surface area contributed by atoms with E-state index in [0.29, 0.717) is 0 Å². The molecule has 2 aromatic carbocycles. The minimum Gasteiger partial charge on any atom is -0.455 e. The first-order valence-electron chi connectivity index (χ1n) is 30.8. The summed E-state index contributed by atoms with van der Waals surface area (Å²) in [7, 11) is -23.0. The van der Waals surface area contributed by atoms with E-state index >= 15 is 0 Å². The molecule has 0 saturated carbocycles. The number of nitrogens with zero attached hydrogens (tertiary/aromatic N) is 9. The normalized spacial score (nSPS) is 25.8. The number of phosphoric acid groups is 4. The second-order valence-electron chi connectivity index (χ2n) is 23.7. The largest absolute Gasteiger partial charge is 0.490 e. The van der Waals surface area contributed by atoms with Crippen molar-refractivity contribution in [2.45, 2.75) is 108 Å². The summed E-state index contributed by atoms with van der Waals surface area (Å²) in [4.78, 5) is 153. The fraction of sp³-hybridized carbons (Fsp3) is 0.446. The number of H-pyrrole nitrogens is 2. The number of rotatable bonds is 28. The number of hydrogen-bond acceptors (Lipinski definition) is 32. The number of amides is 2. The van der Waals surface area contributed by atoms with E-state index < -0.39 is 171 Å². The zero-order valence-electron chi connectivity index (χ0n) is 54.3. The van der Waals surface area contributed by atoms with Crippen molar-refractivity contribution in [2.75, 3.05) is 66.3 Å². The van der Waals surface area contributed by atoms with Gasteiger partial charge in [0.05, 0.1) is 56.5 Å². The summed E-state index contributed by atoms with van der Waals surface area (Å²) in [5, 5.41) is 27.2. The maximum atomic E-state index is 14.6. The molecule has 5 aromatic heterocycles. The van der Waals surface area contributed by atoms with E-state index in [2.05, 4.69) is 54.1 Å². The van der Waals surface area contributed by atoms with Gasteiger partial charge in [0.25, 0.3) is 22.9 Å². The van der Waals surface area contributed by atoms with Gasteiger partial charge in [0.15, 0.2) is 59.2 Å². The van der Waals surface area contributed by atoms with Crippen LogP contribution in [0, 0.1) is 11.8 Å². The molecule has 0 bridgehead atoms. The van der Waals surface area contributed by atoms with Crippen LogP contribution in [0.2, 0.25) is 0 Å². The SMILES string of the molecule is CCN1CN([C@@H]2O[C@H](COP(=O)(O)OP(=O)(O)OP(=O)(O)OC[C@H]3O[C@@H](n4cnc5c(NC(=O)c6ccccc6)ncnc54)[C@H](OC)[C@@H]3OP(=O)(O)OC[C@H]3O[C@@H](n4cnc5c(=O)[nH]c(NC(=O)c6ccccc6)cc54)[C@H](OC(=O)C(C)C)[C@@H]3OC(=O)C(C)C)[C@@H](O)[C@H]2O)c2nc(N)[nH]c(=O)c21. The quantitative estimate of drug-likeness (QED) is 0.0247. The molecule has 2 amide bonds. The maximum absolute atomic E-state index is 14.6. The lowest BCUT2D eigenvalue weighted by atomic mass is 10.1. The van der Waals surface area contributed by atoms with Crippen LogP contribution in [-0.4, -0.2) is 199 Å². The van der Waals surface area contributed by atoms with Crippen LogP contribution in [0.15, 0.2) is 95.3 Å². The molecule has 42 nitrogen and oxygen atoms in total. The van der Waals surface area contributed by atoms with Crippen molar-refractivity contribution in [2.24, 2.45) is 11.8 Å². The Kier molecular flexibility index (Phi) is 22.3. The Hall–Kier alpha value is -8.15. The first-order valence-corrected chi connectivity index (χ1v) is 36.8. The number of hydrogen-bond donors (Lipinski definition) is 11. The molecule has 3 saturated heterocycles. The molecule has 7 aromatic rings. The smallest absolute Gasteiger partial charge is 0.455 e. The van der Waals surface area contributed by atoms with Crippen LogP contribution in [0.1, 0.15) is 67.8 Å². The number of methoxy groups -OCH3 is 1. The third-order valence-electron chi connectivity index (χ3n) is 16.0. The number of fused-ring (bicyclic) bond motifs is 3. The molecular weight excluding hydrogens is 1440 g/mol. The second-order valence-corrected chi connectivity index (χ2v) is 29.7. The highest BCUT2D eigenvalue weighted by atomic mass is 31.3. The summed E-state index contributed by atoms with van der Waals surface area (Å²) in [6.07, 6.45) is -17.7. The third kappa shape index (κ3) is 16.4. The molecule has 11 rings (SSSR count). The summed E-state index contributed by atoms with van der Waals surface area (Å²) in [6, 6.07) is 17.2. The number of benzene rings is 2. The van der Waals surface area contributed by atoms with Gasteiger partial charge >= 0.3 is 43.2 Å². The number of nitrogen functional groups attached to an aromatic ring is 1. The number of aromatic amines is 2. The number of nitrogens with two attached hydrogens (primary N) is 1. The maximum Gasteiger partial charge on any atom is 0.490 e. The number of phosphoric ester groups is 3. The van der Waals surface area contributed by atoms with Gasteiger partial charge in [-0.1, -0.05) is 64.1 Å². The van der Waals surface area contributed by atoms with E-state index in [0.717, 1.165) is 30.7 Å². The average Bonchev–Trinajstić information content (AvgIpc) is 1.61. The molecular formula is C56H68N14O28P4. The molecule has 0 radical (unpaired) electrons. The van der Waals surface area contributed by atoms with Crippen LogP contribution in [0.5, 0.6) is 0 Å². The topological polar surface area (TPSA) is 565 Å². The molecule has 4 aliphatic rings. The summed E-state index contributed by atoms with van der Waals surface area (Å²) >= 11 is 0. The molecule has 9 heterocycles. The summed E-state index contributed by atoms with van der Waals surface area (Å²) < 4.78 is 123. The Balaban J connectivity index is 0.832. The fourth-order valence-corrected chi connectivity index (χ4v) is 15.7. The van der Waals surface area contributed by atoms with Gasteiger partial charge in [-0.25, -0.2) is 38.2 Å². The van der Waals surface area contributed by atoms with Crippen LogP contribution in [0.25, 0.3) is 22.2 Å². The van der Waals surface area contributed by atoms with E-state index in [9.17, 15) is 76.8 Å². The summed E-state index contributed by atoms with van der Waals surface area (Å²) in [5.41, 5.74) is 4.43. The van der Waals surface area contributed by atoms with Crippen LogP contribution in [0.3, 0.4) is 0 Å². The van der Waals surface area contributed by atoms with Crippen molar-refractivity contribution in [1.29, 1.82) is 0 Å². The minimum absolute atomic E-state index is 0.0249. The second kappa shape index (κ2) is 30.3. The molecule has 12 N–H and O–H groups in total. The van der Waals surface area contributed by atoms with Gasteiger partial charge in [0, 0.05) is 30.8 Å². The van der Waals surface area contributed by atoms with E-state index in [1.807, 2.05) is 0 Å². The number of aliphatic hydroxyl groups excluding tert-OH is 2. The molecule has 0 aliphatic carbocycles. The lowest BCUT2D eigenvalue weighted by molar-refractivity contribution is -0.172. The van der Waals surface area contributed by atoms with Gasteiger partial charge in [-0.2, -0.15) is 13.6 Å². The van der Waals surface area contributed by atoms with E-state index in [-0.39, 0.29) is 75.6 Å². The Bertz CT molecular complexity index is 4610. The van der Waals surface area contributed by atoms with Gasteiger partial charge in [0.1, 0.15) is 60.6 Å². The zero-order valence-corrected chi connectivity index (χ0v) is 57.8. The van der Waals surface area contributed by atoms with Crippen LogP contribution in [-0.2, 0) is 83.0 Å². The minimum atomic E-state index is -6.32. The van der Waals surface area contributed by atoms with Crippen molar-refractivity contribution in [1.82, 2.24) is 44.0 Å². The number of aromatic nitrogens is 9. The lowest BCUT2D eigenvalue weighted by Crippen LogP contribution is -2.46. The van der Waals surface area contributed by atoms with Crippen LogP contribution in [0.4, 0.5) is 29.1 Å². The predicted octanol–water partition coefficient (Wildman–Crippen LogP) is 2.30. The lowest BCUT2D eigenvalue weighted by Gasteiger charge is -2.28. The summed E-state index contributed by atoms with van der Waals surface area (Å²) in [5.74, 6) is -5.24. The summed E-state index contributed by atoms with van der Waals surface area (Å²) in [6.45, 7) is 4.15. The van der Waals surface area contributed by atoms with Gasteiger partial charge in [-0.05, 0) is 31.2 Å². The number of carbonyl (C=O) groups is 4. The molecule has 16 atom stereocenters. The molecule has 46 heteroatoms. The van der Waals surface area contributed by atoms with Gasteiger partial charge in [-0.15, -0.1) is 0 Å². The highest BCUT2D eigenvalue weighted by Gasteiger charge is 2.56. The number of anilines is 5.